The highest BCUT2D eigenvalue weighted by Gasteiger charge is 2.12. The van der Waals surface area contributed by atoms with Crippen molar-refractivity contribution in [3.05, 3.63) is 23.6 Å². The smallest absolute Gasteiger partial charge is 0.412 e. The summed E-state index contributed by atoms with van der Waals surface area (Å²) in [6, 6.07) is 1.35. The van der Waals surface area contributed by atoms with Gasteiger partial charge in [-0.2, -0.15) is 0 Å². The Morgan fingerprint density at radius 2 is 2.27 bits per heavy atom. The van der Waals surface area contributed by atoms with Crippen LogP contribution >= 0.6 is 0 Å². The number of ether oxygens (including phenoxy) is 1. The lowest BCUT2D eigenvalue weighted by molar-refractivity contribution is 0.186. The van der Waals surface area contributed by atoms with E-state index in [0.717, 1.165) is 6.20 Å². The summed E-state index contributed by atoms with van der Waals surface area (Å²) in [7, 11) is 1.26. The van der Waals surface area contributed by atoms with E-state index in [4.69, 9.17) is 0 Å². The van der Waals surface area contributed by atoms with E-state index in [1.165, 1.54) is 13.2 Å². The van der Waals surface area contributed by atoms with Gasteiger partial charge in [0, 0.05) is 5.56 Å². The fourth-order valence-electron chi connectivity index (χ4n) is 1.15. The number of nitrogens with one attached hydrogen (secondary N) is 1. The predicted octanol–water partition coefficient (Wildman–Crippen LogP) is 2.52. The van der Waals surface area contributed by atoms with Crippen LogP contribution in [-0.2, 0) is 4.74 Å². The Morgan fingerprint density at radius 1 is 1.60 bits per heavy atom. The van der Waals surface area contributed by atoms with Crippen LogP contribution in [0.15, 0.2) is 12.3 Å². The van der Waals surface area contributed by atoms with Crippen LogP contribution in [0.25, 0.3) is 0 Å². The van der Waals surface area contributed by atoms with Gasteiger partial charge in [-0.15, -0.1) is 0 Å². The van der Waals surface area contributed by atoms with Gasteiger partial charge in [-0.25, -0.2) is 14.2 Å². The van der Waals surface area contributed by atoms with Crippen molar-refractivity contribution in [1.82, 2.24) is 4.98 Å². The Balaban J connectivity index is 3.00. The van der Waals surface area contributed by atoms with E-state index in [2.05, 4.69) is 15.0 Å². The first-order chi connectivity index (χ1) is 7.04. The molecule has 0 aromatic carbocycles. The molecule has 0 atom stereocenters. The molecule has 1 rings (SSSR count). The average molecular weight is 212 g/mol. The molecule has 1 aromatic rings. The zero-order valence-corrected chi connectivity index (χ0v) is 8.87. The number of aromatic nitrogens is 1. The number of rotatable bonds is 2. The van der Waals surface area contributed by atoms with E-state index >= 15 is 0 Å². The van der Waals surface area contributed by atoms with Crippen LogP contribution in [-0.4, -0.2) is 18.2 Å². The van der Waals surface area contributed by atoms with E-state index < -0.39 is 11.9 Å². The maximum Gasteiger partial charge on any atom is 0.412 e. The van der Waals surface area contributed by atoms with Gasteiger partial charge >= 0.3 is 6.09 Å². The number of hydrogen-bond acceptors (Lipinski definition) is 3. The molecule has 0 spiro atoms. The van der Waals surface area contributed by atoms with E-state index in [1.54, 1.807) is 0 Å². The van der Waals surface area contributed by atoms with Crippen LogP contribution in [0, 0.1) is 5.82 Å². The second-order valence-electron chi connectivity index (χ2n) is 3.36. The van der Waals surface area contributed by atoms with Gasteiger partial charge in [0.2, 0.25) is 0 Å². The molecule has 0 aliphatic rings. The number of anilines is 1. The molecule has 0 saturated carbocycles. The number of amides is 1. The summed E-state index contributed by atoms with van der Waals surface area (Å²) in [5, 5.41) is 2.43. The fourth-order valence-corrected chi connectivity index (χ4v) is 1.15. The molecule has 1 heterocycles. The van der Waals surface area contributed by atoms with Crippen molar-refractivity contribution in [1.29, 1.82) is 0 Å². The topological polar surface area (TPSA) is 51.2 Å². The van der Waals surface area contributed by atoms with Gasteiger partial charge in [0.25, 0.3) is 0 Å². The largest absolute Gasteiger partial charge is 0.453 e. The Bertz CT molecular complexity index is 366. The molecule has 0 unspecified atom stereocenters. The minimum atomic E-state index is -0.615. The SMILES string of the molecule is COC(=O)Nc1ncc(F)cc1C(C)C. The summed E-state index contributed by atoms with van der Waals surface area (Å²) in [6.07, 6.45) is 0.438. The second-order valence-corrected chi connectivity index (χ2v) is 3.36. The molecule has 4 nitrogen and oxygen atoms in total. The molecular formula is C10H13FN2O2. The highest BCUT2D eigenvalue weighted by Crippen LogP contribution is 2.22. The Labute approximate surface area is 87.5 Å². The lowest BCUT2D eigenvalue weighted by atomic mass is 10.0. The summed E-state index contributed by atoms with van der Waals surface area (Å²) in [5.74, 6) is -0.0206. The first-order valence-corrected chi connectivity index (χ1v) is 4.55. The first-order valence-electron chi connectivity index (χ1n) is 4.55. The Morgan fingerprint density at radius 3 is 2.80 bits per heavy atom. The Kier molecular flexibility index (Phi) is 3.60. The van der Waals surface area contributed by atoms with E-state index in [0.29, 0.717) is 11.4 Å². The predicted molar refractivity (Wildman–Crippen MR) is 54.3 cm³/mol. The monoisotopic (exact) mass is 212 g/mol. The standard InChI is InChI=1S/C10H13FN2O2/c1-6(2)8-4-7(11)5-12-9(8)13-10(14)15-3/h4-6H,1-3H3,(H,12,13,14). The molecule has 1 amide bonds. The maximum atomic E-state index is 12.9. The molecule has 1 aromatic heterocycles. The summed E-state index contributed by atoms with van der Waals surface area (Å²) >= 11 is 0. The van der Waals surface area contributed by atoms with Crippen molar-refractivity contribution < 1.29 is 13.9 Å². The van der Waals surface area contributed by atoms with Gasteiger partial charge in [-0.1, -0.05) is 13.8 Å². The van der Waals surface area contributed by atoms with Gasteiger partial charge in [0.15, 0.2) is 0 Å². The molecule has 0 saturated heterocycles. The van der Waals surface area contributed by atoms with Crippen molar-refractivity contribution in [2.75, 3.05) is 12.4 Å². The second kappa shape index (κ2) is 4.72. The summed E-state index contributed by atoms with van der Waals surface area (Å²) in [4.78, 5) is 14.8. The van der Waals surface area contributed by atoms with Gasteiger partial charge in [0.05, 0.1) is 13.3 Å². The van der Waals surface area contributed by atoms with Crippen LogP contribution in [0.2, 0.25) is 0 Å². The molecule has 0 radical (unpaired) electrons. The lowest BCUT2D eigenvalue weighted by Crippen LogP contribution is -2.14. The van der Waals surface area contributed by atoms with Gasteiger partial charge in [0.1, 0.15) is 11.6 Å². The summed E-state index contributed by atoms with van der Waals surface area (Å²) in [5.41, 5.74) is 0.639. The normalized spacial score (nSPS) is 10.2. The molecule has 0 fully saturated rings. The number of halogens is 1. The molecule has 15 heavy (non-hydrogen) atoms. The molecule has 0 bridgehead atoms. The van der Waals surface area contributed by atoms with E-state index in [1.807, 2.05) is 13.8 Å². The number of carbonyl (C=O) groups excluding carboxylic acids is 1. The number of nitrogens with zero attached hydrogens (tertiary/aromatic N) is 1. The third kappa shape index (κ3) is 2.90. The zero-order valence-electron chi connectivity index (χ0n) is 8.87. The Hall–Kier alpha value is -1.65. The van der Waals surface area contributed by atoms with E-state index in [-0.39, 0.29) is 5.92 Å². The summed E-state index contributed by atoms with van der Waals surface area (Å²) in [6.45, 7) is 3.78. The molecule has 0 aliphatic heterocycles. The van der Waals surface area contributed by atoms with Gasteiger partial charge in [-0.3, -0.25) is 5.32 Å². The van der Waals surface area contributed by atoms with Crippen molar-refractivity contribution >= 4 is 11.9 Å². The van der Waals surface area contributed by atoms with Crippen molar-refractivity contribution in [3.63, 3.8) is 0 Å². The maximum absolute atomic E-state index is 12.9. The third-order valence-electron chi connectivity index (χ3n) is 1.91. The van der Waals surface area contributed by atoms with Crippen LogP contribution < -0.4 is 5.32 Å². The number of hydrogen-bond donors (Lipinski definition) is 1. The average Bonchev–Trinajstić information content (AvgIpc) is 2.20. The molecule has 5 heteroatoms. The highest BCUT2D eigenvalue weighted by atomic mass is 19.1. The van der Waals surface area contributed by atoms with Crippen LogP contribution in [0.1, 0.15) is 25.3 Å². The minimum Gasteiger partial charge on any atom is -0.453 e. The van der Waals surface area contributed by atoms with Crippen molar-refractivity contribution in [2.45, 2.75) is 19.8 Å². The molecular weight excluding hydrogens is 199 g/mol. The van der Waals surface area contributed by atoms with Crippen LogP contribution in [0.4, 0.5) is 15.0 Å². The van der Waals surface area contributed by atoms with Crippen molar-refractivity contribution in [2.24, 2.45) is 0 Å². The fraction of sp³-hybridized carbons (Fsp3) is 0.400. The van der Waals surface area contributed by atoms with Crippen molar-refractivity contribution in [3.8, 4) is 0 Å². The molecule has 0 aliphatic carbocycles. The van der Waals surface area contributed by atoms with Gasteiger partial charge < -0.3 is 4.74 Å². The third-order valence-corrected chi connectivity index (χ3v) is 1.91. The van der Waals surface area contributed by atoms with E-state index in [9.17, 15) is 9.18 Å². The van der Waals surface area contributed by atoms with Crippen LogP contribution in [0.5, 0.6) is 0 Å². The van der Waals surface area contributed by atoms with Gasteiger partial charge in [-0.05, 0) is 12.0 Å². The lowest BCUT2D eigenvalue weighted by Gasteiger charge is -2.11. The quantitative estimate of drug-likeness (QED) is 0.819. The number of methoxy groups -OCH3 is 1. The zero-order chi connectivity index (χ0) is 11.4. The molecule has 1 N–H and O–H groups in total. The molecule has 82 valence electrons. The van der Waals surface area contributed by atoms with Crippen LogP contribution in [0.3, 0.4) is 0 Å². The first kappa shape index (κ1) is 11.4. The number of carbonyl (C=O) groups is 1. The minimum absolute atomic E-state index is 0.0698. The summed E-state index contributed by atoms with van der Waals surface area (Å²) < 4.78 is 17.4. The highest BCUT2D eigenvalue weighted by molar-refractivity contribution is 5.84. The number of pyridine rings is 1.